The first-order valence-electron chi connectivity index (χ1n) is 6.01. The molecule has 0 radical (unpaired) electrons. The van der Waals surface area contributed by atoms with Gasteiger partial charge in [-0.1, -0.05) is 56.1 Å². The Morgan fingerprint density at radius 2 is 1.05 bits per heavy atom. The summed E-state index contributed by atoms with van der Waals surface area (Å²) in [6.45, 7) is 0. The van der Waals surface area contributed by atoms with E-state index in [-0.39, 0.29) is 11.1 Å². The molecule has 21 heavy (non-hydrogen) atoms. The van der Waals surface area contributed by atoms with Gasteiger partial charge in [0, 0.05) is 8.95 Å². The molecular weight excluding hydrogens is 423 g/mol. The quantitative estimate of drug-likeness (QED) is 0.630. The van der Waals surface area contributed by atoms with Gasteiger partial charge in [-0.05, 0) is 35.4 Å². The first-order valence-corrected chi connectivity index (χ1v) is 9.40. The molecule has 0 amide bonds. The Labute approximate surface area is 139 Å². The minimum atomic E-state index is -4.27. The van der Waals surface area contributed by atoms with E-state index in [4.69, 9.17) is 0 Å². The highest BCUT2D eigenvalue weighted by Crippen LogP contribution is 2.63. The van der Waals surface area contributed by atoms with Crippen molar-refractivity contribution in [3.63, 3.8) is 0 Å². The highest BCUT2D eigenvalue weighted by Gasteiger charge is 2.39. The van der Waals surface area contributed by atoms with E-state index in [0.29, 0.717) is 0 Å². The van der Waals surface area contributed by atoms with Crippen LogP contribution in [0.25, 0.3) is 0 Å². The zero-order valence-corrected chi connectivity index (χ0v) is 14.8. The maximum absolute atomic E-state index is 12.4. The molecule has 3 N–H and O–H groups in total. The summed E-state index contributed by atoms with van der Waals surface area (Å²) in [6.07, 6.45) is 0. The monoisotopic (exact) mass is 434 g/mol. The van der Waals surface area contributed by atoms with Crippen molar-refractivity contribution in [3.05, 3.63) is 68.6 Å². The Balaban J connectivity index is 2.29. The number of hydrogen-bond donors (Lipinski definition) is 3. The Hall–Kier alpha value is -0.490. The standard InChI is InChI=1S/C14H13Br2O4P/c15-11-5-1-9(2-6-11)13(17)21(19,20)14(18)10-3-7-12(16)8-4-10/h1-8,13-14,17-18H,(H,19,20)/t13-,14+. The molecule has 0 aliphatic carbocycles. The average molecular weight is 436 g/mol. The van der Waals surface area contributed by atoms with E-state index in [9.17, 15) is 19.7 Å². The second-order valence-corrected chi connectivity index (χ2v) is 8.68. The molecule has 0 heterocycles. The summed E-state index contributed by atoms with van der Waals surface area (Å²) in [4.78, 5) is 10.1. The van der Waals surface area contributed by atoms with Crippen molar-refractivity contribution < 1.29 is 19.7 Å². The molecule has 2 aromatic carbocycles. The Bertz CT molecular complexity index is 602. The number of hydrogen-bond acceptors (Lipinski definition) is 3. The van der Waals surface area contributed by atoms with Gasteiger partial charge < -0.3 is 15.1 Å². The first-order chi connectivity index (χ1) is 9.82. The van der Waals surface area contributed by atoms with E-state index in [1.54, 1.807) is 24.3 Å². The highest BCUT2D eigenvalue weighted by atomic mass is 79.9. The zero-order chi connectivity index (χ0) is 15.6. The van der Waals surface area contributed by atoms with Gasteiger partial charge in [-0.25, -0.2) is 0 Å². The van der Waals surface area contributed by atoms with E-state index in [2.05, 4.69) is 31.9 Å². The van der Waals surface area contributed by atoms with Crippen molar-refractivity contribution in [2.24, 2.45) is 0 Å². The average Bonchev–Trinajstić information content (AvgIpc) is 2.47. The molecule has 0 aromatic heterocycles. The molecule has 0 aliphatic heterocycles. The van der Waals surface area contributed by atoms with Crippen molar-refractivity contribution in [3.8, 4) is 0 Å². The van der Waals surface area contributed by atoms with Crippen molar-refractivity contribution in [2.75, 3.05) is 0 Å². The third-order valence-electron chi connectivity index (χ3n) is 3.04. The summed E-state index contributed by atoms with van der Waals surface area (Å²) >= 11 is 6.50. The van der Waals surface area contributed by atoms with Gasteiger partial charge in [0.05, 0.1) is 0 Å². The SMILES string of the molecule is O=P(O)([C@H](O)c1ccc(Br)cc1)[C@@H](O)c1ccc(Br)cc1. The number of aliphatic hydroxyl groups is 2. The van der Waals surface area contributed by atoms with Crippen molar-refractivity contribution >= 4 is 39.2 Å². The van der Waals surface area contributed by atoms with Crippen LogP contribution in [0.2, 0.25) is 0 Å². The van der Waals surface area contributed by atoms with Crippen LogP contribution in [0, 0.1) is 0 Å². The number of benzene rings is 2. The van der Waals surface area contributed by atoms with Crippen LogP contribution in [0.1, 0.15) is 22.8 Å². The van der Waals surface area contributed by atoms with Crippen molar-refractivity contribution in [1.29, 1.82) is 0 Å². The van der Waals surface area contributed by atoms with Gasteiger partial charge >= 0.3 is 0 Å². The van der Waals surface area contributed by atoms with E-state index in [0.717, 1.165) is 8.95 Å². The smallest absolute Gasteiger partial charge is 0.264 e. The second kappa shape index (κ2) is 6.73. The molecule has 2 rings (SSSR count). The summed E-state index contributed by atoms with van der Waals surface area (Å²) in [5.41, 5.74) is 0.556. The van der Waals surface area contributed by atoms with Crippen LogP contribution in [-0.2, 0) is 4.57 Å². The van der Waals surface area contributed by atoms with E-state index in [1.807, 2.05) is 0 Å². The fourth-order valence-electron chi connectivity index (χ4n) is 1.83. The fourth-order valence-corrected chi connectivity index (χ4v) is 3.83. The molecule has 0 saturated carbocycles. The lowest BCUT2D eigenvalue weighted by Gasteiger charge is -2.23. The van der Waals surface area contributed by atoms with Crippen LogP contribution in [0.15, 0.2) is 57.5 Å². The molecule has 2 aromatic rings. The van der Waals surface area contributed by atoms with Gasteiger partial charge in [0.25, 0.3) is 7.37 Å². The van der Waals surface area contributed by atoms with E-state index in [1.165, 1.54) is 24.3 Å². The van der Waals surface area contributed by atoms with Crippen molar-refractivity contribution in [1.82, 2.24) is 0 Å². The topological polar surface area (TPSA) is 77.8 Å². The largest absolute Gasteiger partial charge is 0.378 e. The molecule has 0 saturated heterocycles. The number of halogens is 2. The molecule has 112 valence electrons. The number of rotatable bonds is 4. The summed E-state index contributed by atoms with van der Waals surface area (Å²) in [7, 11) is -4.27. The summed E-state index contributed by atoms with van der Waals surface area (Å²) in [6, 6.07) is 12.8. The van der Waals surface area contributed by atoms with Crippen LogP contribution in [0.5, 0.6) is 0 Å². The molecule has 7 heteroatoms. The molecule has 0 fully saturated rings. The first kappa shape index (κ1) is 16.9. The van der Waals surface area contributed by atoms with Gasteiger partial charge in [0.2, 0.25) is 0 Å². The van der Waals surface area contributed by atoms with Gasteiger partial charge in [-0.15, -0.1) is 0 Å². The third-order valence-corrected chi connectivity index (χ3v) is 6.09. The predicted octanol–water partition coefficient (Wildman–Crippen LogP) is 4.16. The minimum absolute atomic E-state index is 0.278. The highest BCUT2D eigenvalue weighted by molar-refractivity contribution is 9.10. The van der Waals surface area contributed by atoms with Crippen LogP contribution < -0.4 is 0 Å². The summed E-state index contributed by atoms with van der Waals surface area (Å²) in [5.74, 6) is -3.30. The second-order valence-electron chi connectivity index (χ2n) is 4.52. The summed E-state index contributed by atoms with van der Waals surface area (Å²) < 4.78 is 14.0. The summed E-state index contributed by atoms with van der Waals surface area (Å²) in [5, 5.41) is 20.3. The Morgan fingerprint density at radius 1 is 0.762 bits per heavy atom. The van der Waals surface area contributed by atoms with Crippen LogP contribution in [0.4, 0.5) is 0 Å². The predicted molar refractivity (Wildman–Crippen MR) is 88.0 cm³/mol. The normalized spacial score (nSPS) is 17.0. The number of aliphatic hydroxyl groups excluding tert-OH is 2. The maximum atomic E-state index is 12.4. The Morgan fingerprint density at radius 3 is 1.33 bits per heavy atom. The van der Waals surface area contributed by atoms with Gasteiger partial charge in [0.15, 0.2) is 11.7 Å². The zero-order valence-electron chi connectivity index (χ0n) is 10.7. The lowest BCUT2D eigenvalue weighted by molar-refractivity contribution is 0.186. The lowest BCUT2D eigenvalue weighted by Crippen LogP contribution is -2.07. The molecule has 0 aliphatic rings. The van der Waals surface area contributed by atoms with Crippen LogP contribution >= 0.6 is 39.2 Å². The third kappa shape index (κ3) is 3.83. The van der Waals surface area contributed by atoms with Gasteiger partial charge in [-0.3, -0.25) is 4.57 Å². The molecule has 3 atom stereocenters. The molecular formula is C14H13Br2O4P. The van der Waals surface area contributed by atoms with Gasteiger partial charge in [-0.2, -0.15) is 0 Å². The molecule has 0 spiro atoms. The Kier molecular flexibility index (Phi) is 5.41. The van der Waals surface area contributed by atoms with Crippen LogP contribution in [0.3, 0.4) is 0 Å². The fraction of sp³-hybridized carbons (Fsp3) is 0.143. The molecule has 0 bridgehead atoms. The minimum Gasteiger partial charge on any atom is -0.378 e. The van der Waals surface area contributed by atoms with E-state index < -0.39 is 19.1 Å². The molecule has 1 unspecified atom stereocenters. The van der Waals surface area contributed by atoms with E-state index >= 15 is 0 Å². The van der Waals surface area contributed by atoms with Gasteiger partial charge in [0.1, 0.15) is 0 Å². The maximum Gasteiger partial charge on any atom is 0.264 e. The lowest BCUT2D eigenvalue weighted by atomic mass is 10.2. The van der Waals surface area contributed by atoms with Crippen LogP contribution in [-0.4, -0.2) is 15.1 Å². The molecule has 4 nitrogen and oxygen atoms in total. The van der Waals surface area contributed by atoms with Crippen molar-refractivity contribution in [2.45, 2.75) is 11.7 Å².